The van der Waals surface area contributed by atoms with Crippen molar-refractivity contribution in [3.05, 3.63) is 49.1 Å². The van der Waals surface area contributed by atoms with Gasteiger partial charge in [0.15, 0.2) is 0 Å². The van der Waals surface area contributed by atoms with Gasteiger partial charge in [0, 0.05) is 7.05 Å². The van der Waals surface area contributed by atoms with E-state index in [0.717, 1.165) is 5.57 Å². The summed E-state index contributed by atoms with van der Waals surface area (Å²) in [6.45, 7) is 11.2. The van der Waals surface area contributed by atoms with E-state index in [4.69, 9.17) is 4.84 Å². The number of carbonyl (C=O) groups is 1. The summed E-state index contributed by atoms with van der Waals surface area (Å²) in [4.78, 5) is 16.3. The van der Waals surface area contributed by atoms with Gasteiger partial charge in [0.05, 0.1) is 13.5 Å². The Hall–Kier alpha value is -1.61. The van der Waals surface area contributed by atoms with Gasteiger partial charge in [-0.25, -0.2) is 5.06 Å². The third kappa shape index (κ3) is 9.33. The summed E-state index contributed by atoms with van der Waals surface area (Å²) in [7, 11) is 3.03. The molecular weight excluding hydrogens is 214 g/mol. The van der Waals surface area contributed by atoms with Crippen LogP contribution in [0.4, 0.5) is 0 Å². The van der Waals surface area contributed by atoms with Gasteiger partial charge in [-0.3, -0.25) is 9.63 Å². The van der Waals surface area contributed by atoms with Crippen LogP contribution in [-0.4, -0.2) is 25.1 Å². The smallest absolute Gasteiger partial charge is 0.250 e. The lowest BCUT2D eigenvalue weighted by Gasteiger charge is -2.13. The van der Waals surface area contributed by atoms with Gasteiger partial charge in [-0.2, -0.15) is 0 Å². The molecule has 0 unspecified atom stereocenters. The lowest BCUT2D eigenvalue weighted by atomic mass is 10.1. The van der Waals surface area contributed by atoms with Gasteiger partial charge in [-0.15, -0.1) is 0 Å². The zero-order valence-electron chi connectivity index (χ0n) is 11.3. The Kier molecular flexibility index (Phi) is 13.0. The van der Waals surface area contributed by atoms with Gasteiger partial charge in [0.2, 0.25) is 5.91 Å². The third-order valence-corrected chi connectivity index (χ3v) is 1.76. The molecular formula is C14H23NO2. The second kappa shape index (κ2) is 12.5. The molecule has 0 aliphatic rings. The molecule has 0 heterocycles. The average molecular weight is 237 g/mol. The largest absolute Gasteiger partial charge is 0.275 e. The summed E-state index contributed by atoms with van der Waals surface area (Å²) in [5.41, 5.74) is 0.860. The second-order valence-corrected chi connectivity index (χ2v) is 2.82. The normalized spacial score (nSPS) is 10.5. The zero-order valence-corrected chi connectivity index (χ0v) is 11.3. The first-order chi connectivity index (χ1) is 8.15. The van der Waals surface area contributed by atoms with Gasteiger partial charge in [-0.05, 0) is 5.57 Å². The van der Waals surface area contributed by atoms with Crippen LogP contribution in [0.15, 0.2) is 49.1 Å². The van der Waals surface area contributed by atoms with Crippen molar-refractivity contribution in [2.24, 2.45) is 0 Å². The SMILES string of the molecule is C=C/C=C\C(=C/C=C)CC(=O)N(C)OC.CC. The van der Waals surface area contributed by atoms with E-state index in [0.29, 0.717) is 0 Å². The Balaban J connectivity index is 0. The second-order valence-electron chi connectivity index (χ2n) is 2.82. The molecule has 3 heteroatoms. The number of allylic oxidation sites excluding steroid dienone is 5. The Bertz CT molecular complexity index is 291. The Morgan fingerprint density at radius 3 is 2.29 bits per heavy atom. The van der Waals surface area contributed by atoms with Crippen molar-refractivity contribution in [2.75, 3.05) is 14.2 Å². The highest BCUT2D eigenvalue weighted by atomic mass is 16.7. The van der Waals surface area contributed by atoms with Crippen LogP contribution in [-0.2, 0) is 9.63 Å². The van der Waals surface area contributed by atoms with Gasteiger partial charge < -0.3 is 0 Å². The fourth-order valence-corrected chi connectivity index (χ4v) is 0.904. The molecule has 0 atom stereocenters. The molecule has 0 N–H and O–H groups in total. The summed E-state index contributed by atoms with van der Waals surface area (Å²) in [6, 6.07) is 0. The van der Waals surface area contributed by atoms with Crippen LogP contribution in [0.2, 0.25) is 0 Å². The molecule has 0 saturated heterocycles. The monoisotopic (exact) mass is 237 g/mol. The van der Waals surface area contributed by atoms with E-state index in [-0.39, 0.29) is 12.3 Å². The third-order valence-electron chi connectivity index (χ3n) is 1.76. The molecule has 3 nitrogen and oxygen atoms in total. The average Bonchev–Trinajstić information content (AvgIpc) is 2.37. The van der Waals surface area contributed by atoms with Crippen molar-refractivity contribution in [3.8, 4) is 0 Å². The molecule has 0 aromatic carbocycles. The molecule has 1 amide bonds. The van der Waals surface area contributed by atoms with E-state index in [1.165, 1.54) is 12.2 Å². The maximum atomic E-state index is 11.5. The molecule has 0 aliphatic heterocycles. The van der Waals surface area contributed by atoms with Crippen LogP contribution in [0.3, 0.4) is 0 Å². The Morgan fingerprint density at radius 2 is 1.88 bits per heavy atom. The number of nitrogens with zero attached hydrogens (tertiary/aromatic N) is 1. The summed E-state index contributed by atoms with van der Waals surface area (Å²) >= 11 is 0. The molecule has 0 rings (SSSR count). The first-order valence-electron chi connectivity index (χ1n) is 5.57. The van der Waals surface area contributed by atoms with Crippen LogP contribution in [0.25, 0.3) is 0 Å². The lowest BCUT2D eigenvalue weighted by molar-refractivity contribution is -0.167. The molecule has 0 aliphatic carbocycles. The highest BCUT2D eigenvalue weighted by molar-refractivity contribution is 5.78. The van der Waals surface area contributed by atoms with E-state index < -0.39 is 0 Å². The molecule has 0 fully saturated rings. The molecule has 0 bridgehead atoms. The fourth-order valence-electron chi connectivity index (χ4n) is 0.904. The van der Waals surface area contributed by atoms with Crippen molar-refractivity contribution < 1.29 is 9.63 Å². The molecule has 0 aromatic rings. The highest BCUT2D eigenvalue weighted by Gasteiger charge is 2.08. The Morgan fingerprint density at radius 1 is 1.29 bits per heavy atom. The van der Waals surface area contributed by atoms with Crippen LogP contribution < -0.4 is 0 Å². The van der Waals surface area contributed by atoms with E-state index >= 15 is 0 Å². The maximum Gasteiger partial charge on any atom is 0.250 e. The van der Waals surface area contributed by atoms with Crippen LogP contribution >= 0.6 is 0 Å². The molecule has 17 heavy (non-hydrogen) atoms. The summed E-state index contributed by atoms with van der Waals surface area (Å²) < 4.78 is 0. The predicted molar refractivity (Wildman–Crippen MR) is 73.4 cm³/mol. The number of hydrogen-bond acceptors (Lipinski definition) is 2. The van der Waals surface area contributed by atoms with Gasteiger partial charge in [0.25, 0.3) is 0 Å². The van der Waals surface area contributed by atoms with Gasteiger partial charge in [-0.1, -0.05) is 57.4 Å². The lowest BCUT2D eigenvalue weighted by Crippen LogP contribution is -2.25. The number of rotatable bonds is 6. The molecule has 0 aromatic heterocycles. The fraction of sp³-hybridized carbons (Fsp3) is 0.357. The standard InChI is InChI=1S/C12H17NO2.C2H6/c1-5-7-9-11(8-6-2)10-12(14)13(3)15-4;1-2/h5-9H,1-2,10H2,3-4H3;1-2H3/b9-7-,11-8+;. The van der Waals surface area contributed by atoms with E-state index in [9.17, 15) is 4.79 Å². The van der Waals surface area contributed by atoms with Crippen LogP contribution in [0, 0.1) is 0 Å². The highest BCUT2D eigenvalue weighted by Crippen LogP contribution is 2.06. The first kappa shape index (κ1) is 17.8. The topological polar surface area (TPSA) is 29.5 Å². The number of carbonyl (C=O) groups excluding carboxylic acids is 1. The Labute approximate surface area is 105 Å². The molecule has 96 valence electrons. The quantitative estimate of drug-likeness (QED) is 0.524. The summed E-state index contributed by atoms with van der Waals surface area (Å²) in [5.74, 6) is -0.112. The minimum Gasteiger partial charge on any atom is -0.275 e. The van der Waals surface area contributed by atoms with E-state index in [1.807, 2.05) is 19.9 Å². The minimum absolute atomic E-state index is 0.112. The molecule has 0 saturated carbocycles. The maximum absolute atomic E-state index is 11.5. The van der Waals surface area contributed by atoms with Crippen LogP contribution in [0.1, 0.15) is 20.3 Å². The van der Waals surface area contributed by atoms with Crippen LogP contribution in [0.5, 0.6) is 0 Å². The molecule has 0 spiro atoms. The number of hydrogen-bond donors (Lipinski definition) is 0. The summed E-state index contributed by atoms with van der Waals surface area (Å²) in [6.07, 6.45) is 8.94. The van der Waals surface area contributed by atoms with Crippen molar-refractivity contribution in [2.45, 2.75) is 20.3 Å². The summed E-state index contributed by atoms with van der Waals surface area (Å²) in [5, 5.41) is 1.19. The zero-order chi connectivity index (χ0) is 13.7. The van der Waals surface area contributed by atoms with Crippen molar-refractivity contribution in [1.82, 2.24) is 5.06 Å². The van der Waals surface area contributed by atoms with Crippen molar-refractivity contribution in [1.29, 1.82) is 0 Å². The first-order valence-corrected chi connectivity index (χ1v) is 5.57. The predicted octanol–water partition coefficient (Wildman–Crippen LogP) is 3.28. The number of hydroxylamine groups is 2. The van der Waals surface area contributed by atoms with E-state index in [1.54, 1.807) is 31.4 Å². The van der Waals surface area contributed by atoms with Gasteiger partial charge in [0.1, 0.15) is 0 Å². The minimum atomic E-state index is -0.112. The van der Waals surface area contributed by atoms with Crippen molar-refractivity contribution in [3.63, 3.8) is 0 Å². The number of amides is 1. The van der Waals surface area contributed by atoms with Crippen molar-refractivity contribution >= 4 is 5.91 Å². The van der Waals surface area contributed by atoms with Gasteiger partial charge >= 0.3 is 0 Å². The van der Waals surface area contributed by atoms with E-state index in [2.05, 4.69) is 13.2 Å². The molecule has 0 radical (unpaired) electrons.